The van der Waals surface area contributed by atoms with Crippen LogP contribution < -0.4 is 0 Å². The Morgan fingerprint density at radius 3 is 1.81 bits per heavy atom. The Kier molecular flexibility index (Phi) is 8.43. The van der Waals surface area contributed by atoms with Crippen LogP contribution >= 0.6 is 0 Å². The molecule has 0 amide bonds. The number of ether oxygens (including phenoxy) is 6. The molecule has 1 aromatic carbocycles. The maximum atomic E-state index is 13.2. The van der Waals surface area contributed by atoms with Crippen LogP contribution in [0.5, 0.6) is 0 Å². The Labute approximate surface area is 211 Å². The quantitative estimate of drug-likeness (QED) is 0.378. The number of Topliss-reactive ketones (excluding diaryl/α,β-unsaturated/α-hetero) is 2. The van der Waals surface area contributed by atoms with E-state index in [1.54, 1.807) is 12.1 Å². The van der Waals surface area contributed by atoms with Gasteiger partial charge in [0.15, 0.2) is 23.8 Å². The third-order valence-corrected chi connectivity index (χ3v) is 5.49. The number of benzene rings is 1. The molecule has 0 radical (unpaired) electrons. The third kappa shape index (κ3) is 6.20. The molecule has 1 fully saturated rings. The molecule has 3 rings (SSSR count). The number of carbonyl (C=O) groups is 6. The van der Waals surface area contributed by atoms with Crippen molar-refractivity contribution in [2.45, 2.75) is 65.3 Å². The van der Waals surface area contributed by atoms with Crippen molar-refractivity contribution in [2.75, 3.05) is 6.61 Å². The summed E-state index contributed by atoms with van der Waals surface area (Å²) in [5.41, 5.74) is 0.259. The van der Waals surface area contributed by atoms with Gasteiger partial charge in [-0.15, -0.1) is 0 Å². The lowest BCUT2D eigenvalue weighted by Crippen LogP contribution is -2.63. The monoisotopic (exact) mass is 518 g/mol. The molecule has 0 bridgehead atoms. The Morgan fingerprint density at radius 1 is 0.757 bits per heavy atom. The summed E-state index contributed by atoms with van der Waals surface area (Å²) in [4.78, 5) is 73.3. The molecule has 198 valence electrons. The Hall–Kier alpha value is -4.06. The van der Waals surface area contributed by atoms with Gasteiger partial charge in [-0.3, -0.25) is 28.8 Å². The molecule has 1 aliphatic heterocycles. The minimum atomic E-state index is -1.63. The van der Waals surface area contributed by atoms with Crippen molar-refractivity contribution in [3.05, 3.63) is 46.7 Å². The number of ketones is 2. The molecule has 0 spiro atoms. The van der Waals surface area contributed by atoms with Gasteiger partial charge in [0.05, 0.1) is 0 Å². The lowest BCUT2D eigenvalue weighted by molar-refractivity contribution is -0.299. The largest absolute Gasteiger partial charge is 0.463 e. The number of hydrogen-bond donors (Lipinski definition) is 0. The van der Waals surface area contributed by atoms with Gasteiger partial charge in [-0.05, 0) is 6.92 Å². The standard InChI is InChI=1S/C25H26O12/c1-11-19(30)16-8-6-7-9-17(16)20(31)21(11)37-25-24(35-15(5)29)23(34-14(4)28)22(33-13(3)27)18(36-25)10-32-12(2)26/h6-9,18,22-25H,10H2,1-5H3. The average molecular weight is 518 g/mol. The summed E-state index contributed by atoms with van der Waals surface area (Å²) in [6.07, 6.45) is -7.31. The Morgan fingerprint density at radius 2 is 1.27 bits per heavy atom. The lowest BCUT2D eigenvalue weighted by Gasteiger charge is -2.44. The normalized spacial score (nSPS) is 25.1. The fourth-order valence-electron chi connectivity index (χ4n) is 4.02. The average Bonchev–Trinajstić information content (AvgIpc) is 2.81. The second kappa shape index (κ2) is 11.3. The molecule has 1 aliphatic carbocycles. The number of allylic oxidation sites excluding steroid dienone is 2. The first-order valence-corrected chi connectivity index (χ1v) is 11.3. The van der Waals surface area contributed by atoms with E-state index in [0.717, 1.165) is 27.7 Å². The van der Waals surface area contributed by atoms with Crippen LogP contribution in [0.3, 0.4) is 0 Å². The molecular weight excluding hydrogens is 492 g/mol. The van der Waals surface area contributed by atoms with Gasteiger partial charge in [0.2, 0.25) is 18.2 Å². The predicted octanol–water partition coefficient (Wildman–Crippen LogP) is 1.44. The summed E-state index contributed by atoms with van der Waals surface area (Å²) in [5, 5.41) is 0. The lowest BCUT2D eigenvalue weighted by atomic mass is 9.89. The van der Waals surface area contributed by atoms with Crippen molar-refractivity contribution in [2.24, 2.45) is 0 Å². The number of carbonyl (C=O) groups excluding carboxylic acids is 6. The summed E-state index contributed by atoms with van der Waals surface area (Å²) in [5.74, 6) is -4.58. The molecule has 5 atom stereocenters. The smallest absolute Gasteiger partial charge is 0.303 e. The van der Waals surface area contributed by atoms with Gasteiger partial charge in [0, 0.05) is 44.4 Å². The first kappa shape index (κ1) is 27.5. The Bertz CT molecular complexity index is 1170. The van der Waals surface area contributed by atoms with Gasteiger partial charge in [-0.2, -0.15) is 0 Å². The minimum Gasteiger partial charge on any atom is -0.463 e. The molecule has 5 unspecified atom stereocenters. The topological polar surface area (TPSA) is 158 Å². The van der Waals surface area contributed by atoms with Crippen molar-refractivity contribution in [1.29, 1.82) is 0 Å². The fourth-order valence-corrected chi connectivity index (χ4v) is 4.02. The van der Waals surface area contributed by atoms with Crippen LogP contribution in [0.4, 0.5) is 0 Å². The molecule has 1 saturated heterocycles. The molecule has 12 nitrogen and oxygen atoms in total. The van der Waals surface area contributed by atoms with E-state index in [0.29, 0.717) is 0 Å². The van der Waals surface area contributed by atoms with Gasteiger partial charge < -0.3 is 28.4 Å². The van der Waals surface area contributed by atoms with Crippen LogP contribution in [0.2, 0.25) is 0 Å². The number of fused-ring (bicyclic) bond motifs is 1. The van der Waals surface area contributed by atoms with Crippen LogP contribution in [-0.4, -0.2) is 72.8 Å². The van der Waals surface area contributed by atoms with Crippen LogP contribution in [0.1, 0.15) is 55.3 Å². The zero-order valence-electron chi connectivity index (χ0n) is 20.8. The molecule has 12 heteroatoms. The highest BCUT2D eigenvalue weighted by Gasteiger charge is 2.54. The molecule has 2 aliphatic rings. The summed E-state index contributed by atoms with van der Waals surface area (Å²) >= 11 is 0. The summed E-state index contributed by atoms with van der Waals surface area (Å²) in [7, 11) is 0. The molecular formula is C25H26O12. The van der Waals surface area contributed by atoms with Gasteiger partial charge in [0.1, 0.15) is 12.7 Å². The number of rotatable bonds is 7. The predicted molar refractivity (Wildman–Crippen MR) is 121 cm³/mol. The van der Waals surface area contributed by atoms with Crippen molar-refractivity contribution in [3.63, 3.8) is 0 Å². The second-order valence-electron chi connectivity index (χ2n) is 8.34. The van der Waals surface area contributed by atoms with Crippen molar-refractivity contribution < 1.29 is 57.2 Å². The van der Waals surface area contributed by atoms with Gasteiger partial charge in [-0.1, -0.05) is 24.3 Å². The minimum absolute atomic E-state index is 0.0310. The molecule has 0 aromatic heterocycles. The molecule has 37 heavy (non-hydrogen) atoms. The van der Waals surface area contributed by atoms with E-state index >= 15 is 0 Å². The van der Waals surface area contributed by atoms with E-state index in [1.807, 2.05) is 0 Å². The molecule has 1 aromatic rings. The van der Waals surface area contributed by atoms with Gasteiger partial charge in [-0.25, -0.2) is 0 Å². The zero-order chi connectivity index (χ0) is 27.4. The SMILES string of the molecule is CC(=O)OCC1OC(OC2=C(C)C(=O)c3ccccc3C2=O)C(OC(C)=O)C(OC(C)=O)C1OC(C)=O. The first-order valence-electron chi connectivity index (χ1n) is 11.3. The summed E-state index contributed by atoms with van der Waals surface area (Å²) in [6, 6.07) is 6.15. The molecule has 0 saturated carbocycles. The van der Waals surface area contributed by atoms with E-state index < -0.39 is 72.8 Å². The number of esters is 4. The van der Waals surface area contributed by atoms with Crippen molar-refractivity contribution in [1.82, 2.24) is 0 Å². The van der Waals surface area contributed by atoms with E-state index in [2.05, 4.69) is 0 Å². The highest BCUT2D eigenvalue weighted by molar-refractivity contribution is 6.25. The second-order valence-corrected chi connectivity index (χ2v) is 8.34. The zero-order valence-corrected chi connectivity index (χ0v) is 20.8. The first-order chi connectivity index (χ1) is 17.4. The van der Waals surface area contributed by atoms with Crippen LogP contribution in [0.15, 0.2) is 35.6 Å². The third-order valence-electron chi connectivity index (χ3n) is 5.49. The summed E-state index contributed by atoms with van der Waals surface area (Å²) < 4.78 is 32.7. The van der Waals surface area contributed by atoms with Crippen molar-refractivity contribution in [3.8, 4) is 0 Å². The fraction of sp³-hybridized carbons (Fsp3) is 0.440. The van der Waals surface area contributed by atoms with E-state index in [4.69, 9.17) is 28.4 Å². The highest BCUT2D eigenvalue weighted by Crippen LogP contribution is 2.34. The van der Waals surface area contributed by atoms with E-state index in [9.17, 15) is 28.8 Å². The Balaban J connectivity index is 2.06. The van der Waals surface area contributed by atoms with Gasteiger partial charge >= 0.3 is 23.9 Å². The van der Waals surface area contributed by atoms with Gasteiger partial charge in [0.25, 0.3) is 0 Å². The maximum absolute atomic E-state index is 13.2. The van der Waals surface area contributed by atoms with Crippen LogP contribution in [0.25, 0.3) is 0 Å². The maximum Gasteiger partial charge on any atom is 0.303 e. The number of hydrogen-bond acceptors (Lipinski definition) is 12. The highest BCUT2D eigenvalue weighted by atomic mass is 16.7. The summed E-state index contributed by atoms with van der Waals surface area (Å²) in [6.45, 7) is 5.30. The van der Waals surface area contributed by atoms with Crippen molar-refractivity contribution >= 4 is 35.4 Å². The van der Waals surface area contributed by atoms with Crippen LogP contribution in [-0.2, 0) is 47.6 Å². The molecule has 1 heterocycles. The van der Waals surface area contributed by atoms with E-state index in [-0.39, 0.29) is 22.5 Å². The van der Waals surface area contributed by atoms with E-state index in [1.165, 1.54) is 19.1 Å². The molecule has 0 N–H and O–H groups in total. The van der Waals surface area contributed by atoms with Crippen LogP contribution in [0, 0.1) is 0 Å².